The maximum atomic E-state index is 5.78. The number of nitrogens with two attached hydrogens (primary N) is 1. The molecule has 0 unspecified atom stereocenters. The first-order valence-electron chi connectivity index (χ1n) is 5.89. The van der Waals surface area contributed by atoms with Crippen molar-refractivity contribution in [3.8, 4) is 0 Å². The topological polar surface area (TPSA) is 50.4 Å². The van der Waals surface area contributed by atoms with Crippen molar-refractivity contribution < 1.29 is 0 Å². The van der Waals surface area contributed by atoms with Crippen molar-refractivity contribution in [1.82, 2.24) is 5.32 Å². The Morgan fingerprint density at radius 3 is 2.50 bits per heavy atom. The molecule has 0 saturated heterocycles. The van der Waals surface area contributed by atoms with E-state index in [4.69, 9.17) is 5.73 Å². The molecule has 3 N–H and O–H groups in total. The SMILES string of the molecule is CCCN=C(N)NC1CCCCCC1. The van der Waals surface area contributed by atoms with Crippen LogP contribution in [0.15, 0.2) is 4.99 Å². The standard InChI is InChI=1S/C11H23N3/c1-2-9-13-11(12)14-10-7-5-3-4-6-8-10/h10H,2-9H2,1H3,(H3,12,13,14). The number of rotatable bonds is 3. The van der Waals surface area contributed by atoms with Crippen LogP contribution in [0.1, 0.15) is 51.9 Å². The Hall–Kier alpha value is -0.730. The molecule has 3 heteroatoms. The van der Waals surface area contributed by atoms with Crippen molar-refractivity contribution in [3.05, 3.63) is 0 Å². The molecule has 3 nitrogen and oxygen atoms in total. The predicted octanol–water partition coefficient (Wildman–Crippen LogP) is 2.02. The van der Waals surface area contributed by atoms with Crippen molar-refractivity contribution in [2.45, 2.75) is 57.9 Å². The maximum Gasteiger partial charge on any atom is 0.188 e. The molecule has 0 aliphatic heterocycles. The fraction of sp³-hybridized carbons (Fsp3) is 0.909. The summed E-state index contributed by atoms with van der Waals surface area (Å²) in [4.78, 5) is 4.25. The van der Waals surface area contributed by atoms with E-state index in [0.29, 0.717) is 12.0 Å². The quantitative estimate of drug-likeness (QED) is 0.413. The molecule has 0 aromatic rings. The summed E-state index contributed by atoms with van der Waals surface area (Å²) in [6.45, 7) is 2.95. The molecule has 0 amide bonds. The minimum atomic E-state index is 0.568. The van der Waals surface area contributed by atoms with Gasteiger partial charge in [-0.1, -0.05) is 32.6 Å². The fourth-order valence-electron chi connectivity index (χ4n) is 1.91. The molecule has 1 aliphatic rings. The lowest BCUT2D eigenvalue weighted by molar-refractivity contribution is 0.530. The fourth-order valence-corrected chi connectivity index (χ4v) is 1.91. The van der Waals surface area contributed by atoms with E-state index in [2.05, 4.69) is 17.2 Å². The van der Waals surface area contributed by atoms with Crippen LogP contribution in [0.3, 0.4) is 0 Å². The Bertz CT molecular complexity index is 169. The molecular formula is C11H23N3. The van der Waals surface area contributed by atoms with Crippen LogP contribution < -0.4 is 11.1 Å². The van der Waals surface area contributed by atoms with Crippen LogP contribution in [0.2, 0.25) is 0 Å². The molecule has 82 valence electrons. The van der Waals surface area contributed by atoms with Gasteiger partial charge in [-0.3, -0.25) is 4.99 Å². The zero-order valence-electron chi connectivity index (χ0n) is 9.26. The number of hydrogen-bond donors (Lipinski definition) is 2. The molecule has 0 bridgehead atoms. The summed E-state index contributed by atoms with van der Waals surface area (Å²) >= 11 is 0. The maximum absolute atomic E-state index is 5.78. The van der Waals surface area contributed by atoms with Crippen LogP contribution in [0.5, 0.6) is 0 Å². The smallest absolute Gasteiger partial charge is 0.188 e. The summed E-state index contributed by atoms with van der Waals surface area (Å²) in [5, 5.41) is 3.32. The lowest BCUT2D eigenvalue weighted by Crippen LogP contribution is -2.39. The number of nitrogens with zero attached hydrogens (tertiary/aromatic N) is 1. The van der Waals surface area contributed by atoms with Crippen molar-refractivity contribution in [2.75, 3.05) is 6.54 Å². The van der Waals surface area contributed by atoms with Gasteiger partial charge < -0.3 is 11.1 Å². The second-order valence-corrected chi connectivity index (χ2v) is 4.10. The highest BCUT2D eigenvalue weighted by atomic mass is 15.1. The molecular weight excluding hydrogens is 174 g/mol. The van der Waals surface area contributed by atoms with Crippen molar-refractivity contribution in [1.29, 1.82) is 0 Å². The van der Waals surface area contributed by atoms with Gasteiger partial charge >= 0.3 is 0 Å². The van der Waals surface area contributed by atoms with E-state index in [-0.39, 0.29) is 0 Å². The first-order valence-corrected chi connectivity index (χ1v) is 5.89. The summed E-state index contributed by atoms with van der Waals surface area (Å²) in [6.07, 6.45) is 8.99. The van der Waals surface area contributed by atoms with Gasteiger partial charge in [-0.2, -0.15) is 0 Å². The van der Waals surface area contributed by atoms with Gasteiger partial charge in [-0.25, -0.2) is 0 Å². The first-order chi connectivity index (χ1) is 6.83. The highest BCUT2D eigenvalue weighted by molar-refractivity contribution is 5.78. The van der Waals surface area contributed by atoms with Gasteiger partial charge in [0, 0.05) is 12.6 Å². The van der Waals surface area contributed by atoms with Gasteiger partial charge in [0.05, 0.1) is 0 Å². The molecule has 0 spiro atoms. The van der Waals surface area contributed by atoms with Crippen LogP contribution in [-0.2, 0) is 0 Å². The number of nitrogens with one attached hydrogen (secondary N) is 1. The number of hydrogen-bond acceptors (Lipinski definition) is 1. The summed E-state index contributed by atoms with van der Waals surface area (Å²) in [6, 6.07) is 0.568. The first kappa shape index (κ1) is 11.3. The highest BCUT2D eigenvalue weighted by Crippen LogP contribution is 2.16. The zero-order valence-corrected chi connectivity index (χ0v) is 9.26. The van der Waals surface area contributed by atoms with E-state index >= 15 is 0 Å². The summed E-state index contributed by atoms with van der Waals surface area (Å²) in [5.41, 5.74) is 5.78. The Kier molecular flexibility index (Phi) is 5.42. The van der Waals surface area contributed by atoms with Gasteiger partial charge in [-0.15, -0.1) is 0 Å². The second kappa shape index (κ2) is 6.68. The third-order valence-corrected chi connectivity index (χ3v) is 2.71. The van der Waals surface area contributed by atoms with E-state index in [9.17, 15) is 0 Å². The highest BCUT2D eigenvalue weighted by Gasteiger charge is 2.11. The third kappa shape index (κ3) is 4.49. The Morgan fingerprint density at radius 2 is 1.93 bits per heavy atom. The van der Waals surface area contributed by atoms with Crippen LogP contribution in [0.4, 0.5) is 0 Å². The molecule has 1 saturated carbocycles. The van der Waals surface area contributed by atoms with Gasteiger partial charge in [-0.05, 0) is 19.3 Å². The Labute approximate surface area is 87.2 Å². The second-order valence-electron chi connectivity index (χ2n) is 4.10. The van der Waals surface area contributed by atoms with Crippen LogP contribution in [0.25, 0.3) is 0 Å². The van der Waals surface area contributed by atoms with Crippen molar-refractivity contribution in [3.63, 3.8) is 0 Å². The minimum Gasteiger partial charge on any atom is -0.370 e. The molecule has 1 fully saturated rings. The van der Waals surface area contributed by atoms with Crippen LogP contribution in [-0.4, -0.2) is 18.5 Å². The normalized spacial score (nSPS) is 20.5. The monoisotopic (exact) mass is 197 g/mol. The molecule has 0 atom stereocenters. The summed E-state index contributed by atoms with van der Waals surface area (Å²) < 4.78 is 0. The molecule has 1 aliphatic carbocycles. The lowest BCUT2D eigenvalue weighted by Gasteiger charge is -2.16. The molecule has 0 heterocycles. The average Bonchev–Trinajstić information content (AvgIpc) is 2.43. The summed E-state index contributed by atoms with van der Waals surface area (Å²) in [7, 11) is 0. The molecule has 14 heavy (non-hydrogen) atoms. The van der Waals surface area contributed by atoms with E-state index in [1.807, 2.05) is 0 Å². The third-order valence-electron chi connectivity index (χ3n) is 2.71. The number of guanidine groups is 1. The van der Waals surface area contributed by atoms with Crippen molar-refractivity contribution in [2.24, 2.45) is 10.7 Å². The van der Waals surface area contributed by atoms with E-state index in [1.165, 1.54) is 38.5 Å². The largest absolute Gasteiger partial charge is 0.370 e. The van der Waals surface area contributed by atoms with E-state index in [0.717, 1.165) is 13.0 Å². The summed E-state index contributed by atoms with van der Waals surface area (Å²) in [5.74, 6) is 0.638. The molecule has 0 aromatic heterocycles. The lowest BCUT2D eigenvalue weighted by atomic mass is 10.1. The van der Waals surface area contributed by atoms with Crippen molar-refractivity contribution >= 4 is 5.96 Å². The zero-order chi connectivity index (χ0) is 10.2. The van der Waals surface area contributed by atoms with Gasteiger partial charge in [0.1, 0.15) is 0 Å². The average molecular weight is 197 g/mol. The van der Waals surface area contributed by atoms with Crippen LogP contribution in [0, 0.1) is 0 Å². The van der Waals surface area contributed by atoms with Gasteiger partial charge in [0.2, 0.25) is 0 Å². The van der Waals surface area contributed by atoms with E-state index in [1.54, 1.807) is 0 Å². The Balaban J connectivity index is 2.26. The van der Waals surface area contributed by atoms with Gasteiger partial charge in [0.25, 0.3) is 0 Å². The Morgan fingerprint density at radius 1 is 1.29 bits per heavy atom. The number of aliphatic imine (C=N–C) groups is 1. The minimum absolute atomic E-state index is 0.568. The van der Waals surface area contributed by atoms with Crippen LogP contribution >= 0.6 is 0 Å². The molecule has 0 radical (unpaired) electrons. The predicted molar refractivity (Wildman–Crippen MR) is 61.4 cm³/mol. The molecule has 0 aromatic carbocycles. The molecule has 1 rings (SSSR count). The van der Waals surface area contributed by atoms with Gasteiger partial charge in [0.15, 0.2) is 5.96 Å². The van der Waals surface area contributed by atoms with E-state index < -0.39 is 0 Å².